The summed E-state index contributed by atoms with van der Waals surface area (Å²) in [5.41, 5.74) is 2.46. The number of aromatic hydroxyl groups is 1. The number of aryl methyl sites for hydroxylation is 1. The van der Waals surface area contributed by atoms with Crippen LogP contribution in [0, 0.1) is 6.92 Å². The third-order valence-electron chi connectivity index (χ3n) is 3.57. The number of hydrogen-bond acceptors (Lipinski definition) is 3. The van der Waals surface area contributed by atoms with Gasteiger partial charge in [0.25, 0.3) is 0 Å². The first-order valence-electron chi connectivity index (χ1n) is 6.53. The Hall–Kier alpha value is -2.33. The molecule has 3 rings (SSSR count). The molecular weight excluding hydrogens is 254 g/mol. The smallest absolute Gasteiger partial charge is 0.209 e. The van der Waals surface area contributed by atoms with Crippen LogP contribution in [0.3, 0.4) is 0 Å². The van der Waals surface area contributed by atoms with E-state index in [9.17, 15) is 9.90 Å². The molecule has 2 aromatic rings. The van der Waals surface area contributed by atoms with Gasteiger partial charge in [0.15, 0.2) is 0 Å². The Morgan fingerprint density at radius 1 is 1.35 bits per heavy atom. The Kier molecular flexibility index (Phi) is 2.95. The molecule has 102 valence electrons. The number of likely N-dealkylation sites (N-methyl/N-ethyl adjacent to an activating group) is 1. The molecule has 2 N–H and O–H groups in total. The van der Waals surface area contributed by atoms with Crippen molar-refractivity contribution >= 4 is 16.7 Å². The summed E-state index contributed by atoms with van der Waals surface area (Å²) in [5.74, 6) is -0.0276. The molecule has 0 bridgehead atoms. The highest BCUT2D eigenvalue weighted by atomic mass is 16.3. The van der Waals surface area contributed by atoms with E-state index in [4.69, 9.17) is 4.42 Å². The van der Waals surface area contributed by atoms with E-state index in [1.54, 1.807) is 12.1 Å². The Bertz CT molecular complexity index is 799. The molecule has 2 heterocycles. The van der Waals surface area contributed by atoms with Gasteiger partial charge in [-0.05, 0) is 36.8 Å². The minimum Gasteiger partial charge on any atom is -0.507 e. The van der Waals surface area contributed by atoms with E-state index < -0.39 is 0 Å². The van der Waals surface area contributed by atoms with E-state index in [0.29, 0.717) is 11.1 Å². The number of hydrogen-bond donors (Lipinski definition) is 2. The van der Waals surface area contributed by atoms with E-state index >= 15 is 0 Å². The number of benzene rings is 1. The number of fused-ring (bicyclic) bond motifs is 1. The summed E-state index contributed by atoms with van der Waals surface area (Å²) in [6.07, 6.45) is 7.36. The fourth-order valence-corrected chi connectivity index (χ4v) is 2.53. The molecule has 0 radical (unpaired) electrons. The third-order valence-corrected chi connectivity index (χ3v) is 3.57. The minimum absolute atomic E-state index is 0.0276. The average molecular weight is 270 g/mol. The highest BCUT2D eigenvalue weighted by Gasteiger charge is 2.21. The Morgan fingerprint density at radius 2 is 2.15 bits per heavy atom. The monoisotopic (exact) mass is 270 g/mol. The van der Waals surface area contributed by atoms with Crippen LogP contribution in [-0.4, -0.2) is 18.7 Å². The lowest BCUT2D eigenvalue weighted by molar-refractivity contribution is -0.796. The zero-order valence-electron chi connectivity index (χ0n) is 11.4. The second kappa shape index (κ2) is 4.65. The van der Waals surface area contributed by atoms with E-state index in [2.05, 4.69) is 0 Å². The van der Waals surface area contributed by atoms with Crippen LogP contribution in [-0.2, 0) is 0 Å². The molecule has 1 aliphatic heterocycles. The third kappa shape index (κ3) is 1.94. The molecule has 0 saturated carbocycles. The summed E-state index contributed by atoms with van der Waals surface area (Å²) in [5, 5.41) is 10.3. The van der Waals surface area contributed by atoms with Crippen molar-refractivity contribution in [1.29, 1.82) is 0 Å². The predicted molar refractivity (Wildman–Crippen MR) is 77.8 cm³/mol. The van der Waals surface area contributed by atoms with Crippen LogP contribution in [0.1, 0.15) is 11.1 Å². The first-order valence-corrected chi connectivity index (χ1v) is 6.53. The van der Waals surface area contributed by atoms with Crippen LogP contribution >= 0.6 is 0 Å². The fraction of sp³-hybridized carbons (Fsp3) is 0.188. The molecule has 0 spiro atoms. The number of nitrogens with one attached hydrogen (secondary N) is 1. The van der Waals surface area contributed by atoms with E-state index in [1.807, 2.05) is 32.2 Å². The molecule has 4 nitrogen and oxygen atoms in total. The van der Waals surface area contributed by atoms with Crippen LogP contribution in [0.2, 0.25) is 0 Å². The van der Waals surface area contributed by atoms with Crippen molar-refractivity contribution in [3.63, 3.8) is 0 Å². The molecule has 0 fully saturated rings. The van der Waals surface area contributed by atoms with Crippen LogP contribution in [0.15, 0.2) is 45.8 Å². The molecule has 1 atom stereocenters. The Labute approximate surface area is 116 Å². The topological polar surface area (TPSA) is 54.9 Å². The van der Waals surface area contributed by atoms with Gasteiger partial charge < -0.3 is 14.4 Å². The van der Waals surface area contributed by atoms with Gasteiger partial charge in [-0.15, -0.1) is 0 Å². The maximum Gasteiger partial charge on any atom is 0.209 e. The van der Waals surface area contributed by atoms with Gasteiger partial charge in [0.2, 0.25) is 5.43 Å². The van der Waals surface area contributed by atoms with Crippen LogP contribution < -0.4 is 10.3 Å². The van der Waals surface area contributed by atoms with E-state index in [0.717, 1.165) is 22.7 Å². The number of phenolic OH excluding ortho intramolecular Hbond substituents is 1. The summed E-state index contributed by atoms with van der Waals surface area (Å²) >= 11 is 0. The van der Waals surface area contributed by atoms with Crippen molar-refractivity contribution in [3.05, 3.63) is 58.0 Å². The predicted octanol–water partition coefficient (Wildman–Crippen LogP) is 1.23. The molecule has 0 aliphatic carbocycles. The highest BCUT2D eigenvalue weighted by molar-refractivity contribution is 5.86. The maximum absolute atomic E-state index is 12.6. The number of phenols is 1. The molecule has 0 amide bonds. The van der Waals surface area contributed by atoms with Crippen molar-refractivity contribution in [2.75, 3.05) is 13.6 Å². The second-order valence-corrected chi connectivity index (χ2v) is 5.13. The first kappa shape index (κ1) is 12.7. The van der Waals surface area contributed by atoms with Crippen molar-refractivity contribution in [1.82, 2.24) is 0 Å². The number of allylic oxidation sites excluding steroid dienone is 2. The summed E-state index contributed by atoms with van der Waals surface area (Å²) in [4.78, 5) is 13.7. The lowest BCUT2D eigenvalue weighted by Crippen LogP contribution is -3.06. The average Bonchev–Trinajstić information content (AvgIpc) is 2.39. The molecule has 1 aromatic carbocycles. The van der Waals surface area contributed by atoms with Crippen LogP contribution in [0.25, 0.3) is 16.7 Å². The molecule has 1 aliphatic rings. The number of rotatable bonds is 1. The largest absolute Gasteiger partial charge is 0.507 e. The summed E-state index contributed by atoms with van der Waals surface area (Å²) in [7, 11) is 1.99. The standard InChI is InChI=1S/C16H15NO3/c1-10-7-13(18)15-14(8-10)20-9-11(16(15)19)12-5-3-4-6-17(12)2/h3-5,7-9,18H,6H2,1-2H3/p+1. The molecule has 0 saturated heterocycles. The van der Waals surface area contributed by atoms with Gasteiger partial charge in [0.1, 0.15) is 40.8 Å². The molecule has 1 unspecified atom stereocenters. The normalized spacial score (nSPS) is 18.3. The zero-order chi connectivity index (χ0) is 14.3. The van der Waals surface area contributed by atoms with Crippen LogP contribution in [0.5, 0.6) is 5.75 Å². The van der Waals surface area contributed by atoms with Gasteiger partial charge in [0.05, 0.1) is 7.05 Å². The summed E-state index contributed by atoms with van der Waals surface area (Å²) in [6.45, 7) is 2.67. The first-order chi connectivity index (χ1) is 9.58. The molecule has 20 heavy (non-hydrogen) atoms. The summed E-state index contributed by atoms with van der Waals surface area (Å²) in [6, 6.07) is 3.33. The van der Waals surface area contributed by atoms with Gasteiger partial charge in [-0.1, -0.05) is 6.08 Å². The Morgan fingerprint density at radius 3 is 2.90 bits per heavy atom. The lowest BCUT2D eigenvalue weighted by Gasteiger charge is -2.17. The second-order valence-electron chi connectivity index (χ2n) is 5.13. The lowest BCUT2D eigenvalue weighted by atomic mass is 10.1. The van der Waals surface area contributed by atoms with Gasteiger partial charge in [-0.2, -0.15) is 0 Å². The van der Waals surface area contributed by atoms with Crippen molar-refractivity contribution < 1.29 is 14.4 Å². The maximum atomic E-state index is 12.6. The van der Waals surface area contributed by atoms with Crippen molar-refractivity contribution in [2.24, 2.45) is 0 Å². The molecular formula is C16H16NO3+. The van der Waals surface area contributed by atoms with Crippen molar-refractivity contribution in [3.8, 4) is 5.75 Å². The van der Waals surface area contributed by atoms with E-state index in [-0.39, 0.29) is 16.6 Å². The quantitative estimate of drug-likeness (QED) is 0.819. The SMILES string of the molecule is Cc1cc(O)c2c(=O)c(C3=CC=CC[NH+]3C)coc2c1. The summed E-state index contributed by atoms with van der Waals surface area (Å²) < 4.78 is 5.55. The van der Waals surface area contributed by atoms with Crippen LogP contribution in [0.4, 0.5) is 0 Å². The van der Waals surface area contributed by atoms with E-state index in [1.165, 1.54) is 6.26 Å². The van der Waals surface area contributed by atoms with Gasteiger partial charge >= 0.3 is 0 Å². The Balaban J connectivity index is 2.30. The van der Waals surface area contributed by atoms with Gasteiger partial charge in [-0.25, -0.2) is 0 Å². The van der Waals surface area contributed by atoms with Crippen molar-refractivity contribution in [2.45, 2.75) is 6.92 Å². The molecule has 1 aromatic heterocycles. The zero-order valence-corrected chi connectivity index (χ0v) is 11.4. The minimum atomic E-state index is -0.190. The highest BCUT2D eigenvalue weighted by Crippen LogP contribution is 2.24. The number of quaternary nitrogens is 1. The fourth-order valence-electron chi connectivity index (χ4n) is 2.53. The molecule has 4 heteroatoms. The van der Waals surface area contributed by atoms with Gasteiger partial charge in [0, 0.05) is 0 Å². The van der Waals surface area contributed by atoms with Gasteiger partial charge in [-0.3, -0.25) is 4.79 Å².